The third kappa shape index (κ3) is 5.17. The highest BCUT2D eigenvalue weighted by Gasteiger charge is 2.27. The Morgan fingerprint density at radius 2 is 2.10 bits per heavy atom. The van der Waals surface area contributed by atoms with Gasteiger partial charge in [-0.1, -0.05) is 0 Å². The first-order valence-electron chi connectivity index (χ1n) is 9.22. The molecule has 0 bridgehead atoms. The number of aryl methyl sites for hydroxylation is 2. The average Bonchev–Trinajstić information content (AvgIpc) is 3.31. The molecule has 2 N–H and O–H groups in total. The van der Waals surface area contributed by atoms with E-state index in [1.807, 2.05) is 12.3 Å². The summed E-state index contributed by atoms with van der Waals surface area (Å²) in [5, 5.41) is 22.1. The molecule has 0 amide bonds. The van der Waals surface area contributed by atoms with Crippen LogP contribution in [0.2, 0.25) is 0 Å². The Bertz CT molecular complexity index is 944. The number of aromatic carboxylic acids is 1. The van der Waals surface area contributed by atoms with E-state index in [1.54, 1.807) is 22.2 Å². The van der Waals surface area contributed by atoms with Crippen molar-refractivity contribution in [3.63, 3.8) is 0 Å². The molecule has 6 nitrogen and oxygen atoms in total. The minimum absolute atomic E-state index is 0. The van der Waals surface area contributed by atoms with Crippen LogP contribution in [0.3, 0.4) is 0 Å². The number of hydrogen-bond donors (Lipinski definition) is 2. The number of hydrogen-bond acceptors (Lipinski definition) is 5. The summed E-state index contributed by atoms with van der Waals surface area (Å²) in [5.41, 5.74) is 5.51. The van der Waals surface area contributed by atoms with E-state index in [2.05, 4.69) is 32.2 Å². The van der Waals surface area contributed by atoms with E-state index in [0.717, 1.165) is 54.7 Å². The van der Waals surface area contributed by atoms with Crippen molar-refractivity contribution in [3.05, 3.63) is 57.7 Å². The molecule has 4 rings (SSSR count). The molecule has 3 heterocycles. The first kappa shape index (κ1) is 23.3. The van der Waals surface area contributed by atoms with Crippen LogP contribution in [0, 0.1) is 0 Å². The number of nitrogens with zero attached hydrogens (tertiary/aromatic N) is 3. The number of halogens is 2. The average molecular weight is 455 g/mol. The second-order valence-corrected chi connectivity index (χ2v) is 7.50. The Balaban J connectivity index is 0.00000150. The molecule has 0 saturated heterocycles. The highest BCUT2D eigenvalue weighted by Crippen LogP contribution is 2.34. The molecular weight excluding hydrogens is 431 g/mol. The molecule has 0 saturated carbocycles. The van der Waals surface area contributed by atoms with Gasteiger partial charge in [0.05, 0.1) is 5.69 Å². The minimum atomic E-state index is -0.897. The van der Waals surface area contributed by atoms with Crippen LogP contribution in [0.4, 0.5) is 0 Å². The fraction of sp³-hybridized carbons (Fsp3) is 0.350. The first-order chi connectivity index (χ1) is 13.2. The van der Waals surface area contributed by atoms with Crippen LogP contribution in [0.1, 0.15) is 33.6 Å². The minimum Gasteiger partial charge on any atom is -0.477 e. The normalized spacial score (nSPS) is 11.7. The van der Waals surface area contributed by atoms with Crippen LogP contribution in [0.15, 0.2) is 35.3 Å². The maximum Gasteiger partial charge on any atom is 0.354 e. The summed E-state index contributed by atoms with van der Waals surface area (Å²) in [6.07, 6.45) is 6.97. The van der Waals surface area contributed by atoms with Crippen LogP contribution in [0.25, 0.3) is 11.3 Å². The summed E-state index contributed by atoms with van der Waals surface area (Å²) in [6.45, 7) is 2.37. The van der Waals surface area contributed by atoms with Crippen molar-refractivity contribution in [1.29, 1.82) is 0 Å². The largest absolute Gasteiger partial charge is 0.477 e. The molecule has 0 fully saturated rings. The van der Waals surface area contributed by atoms with E-state index < -0.39 is 5.97 Å². The lowest BCUT2D eigenvalue weighted by molar-refractivity contribution is 0.0681. The van der Waals surface area contributed by atoms with Gasteiger partial charge in [0.25, 0.3) is 0 Å². The molecule has 1 aliphatic carbocycles. The fourth-order valence-corrected chi connectivity index (χ4v) is 4.32. The van der Waals surface area contributed by atoms with E-state index in [9.17, 15) is 9.90 Å². The monoisotopic (exact) mass is 454 g/mol. The van der Waals surface area contributed by atoms with Crippen LogP contribution in [-0.2, 0) is 25.8 Å². The van der Waals surface area contributed by atoms with Gasteiger partial charge in [0, 0.05) is 30.1 Å². The summed E-state index contributed by atoms with van der Waals surface area (Å²) in [5.74, 6) is -0.897. The molecule has 0 radical (unpaired) electrons. The molecule has 9 heteroatoms. The Hall–Kier alpha value is -1.93. The highest BCUT2D eigenvalue weighted by atomic mass is 35.5. The molecule has 0 spiro atoms. The topological polar surface area (TPSA) is 80.0 Å². The van der Waals surface area contributed by atoms with Gasteiger partial charge in [0.15, 0.2) is 0 Å². The summed E-state index contributed by atoms with van der Waals surface area (Å²) in [6, 6.07) is 4.08. The van der Waals surface area contributed by atoms with Gasteiger partial charge in [0.1, 0.15) is 5.69 Å². The quantitative estimate of drug-likeness (QED) is 0.504. The van der Waals surface area contributed by atoms with Crippen LogP contribution in [-0.4, -0.2) is 38.9 Å². The van der Waals surface area contributed by atoms with Crippen molar-refractivity contribution in [2.45, 2.75) is 32.2 Å². The zero-order chi connectivity index (χ0) is 18.6. The lowest BCUT2D eigenvalue weighted by Gasteiger charge is -2.14. The summed E-state index contributed by atoms with van der Waals surface area (Å²) in [7, 11) is 0. The second kappa shape index (κ2) is 10.7. The SMILES string of the molecule is Cl.Cl.O=C(O)c1c2c(nn1CCCNCCc1ccsc1)-c1ccncc1CC2. The van der Waals surface area contributed by atoms with E-state index in [-0.39, 0.29) is 24.8 Å². The Morgan fingerprint density at radius 3 is 2.86 bits per heavy atom. The third-order valence-electron chi connectivity index (χ3n) is 4.95. The van der Waals surface area contributed by atoms with Crippen LogP contribution < -0.4 is 5.32 Å². The molecule has 29 heavy (non-hydrogen) atoms. The number of aromatic nitrogens is 3. The van der Waals surface area contributed by atoms with Crippen molar-refractivity contribution >= 4 is 42.1 Å². The predicted molar refractivity (Wildman–Crippen MR) is 120 cm³/mol. The maximum absolute atomic E-state index is 11.8. The zero-order valence-electron chi connectivity index (χ0n) is 15.8. The number of rotatable bonds is 8. The smallest absolute Gasteiger partial charge is 0.354 e. The zero-order valence-corrected chi connectivity index (χ0v) is 18.3. The molecule has 156 valence electrons. The first-order valence-corrected chi connectivity index (χ1v) is 10.2. The molecule has 3 aromatic heterocycles. The molecule has 0 unspecified atom stereocenters. The number of carboxylic acid groups (broad SMARTS) is 1. The Kier molecular flexibility index (Phi) is 8.64. The van der Waals surface area contributed by atoms with Crippen molar-refractivity contribution in [1.82, 2.24) is 20.1 Å². The van der Waals surface area contributed by atoms with Crippen molar-refractivity contribution < 1.29 is 9.90 Å². The van der Waals surface area contributed by atoms with Crippen LogP contribution >= 0.6 is 36.2 Å². The summed E-state index contributed by atoms with van der Waals surface area (Å²) < 4.78 is 1.67. The third-order valence-corrected chi connectivity index (χ3v) is 5.68. The molecular formula is C20H24Cl2N4O2S. The van der Waals surface area contributed by atoms with Crippen molar-refractivity contribution in [3.8, 4) is 11.3 Å². The van der Waals surface area contributed by atoms with Crippen molar-refractivity contribution in [2.24, 2.45) is 0 Å². The number of pyridine rings is 1. The van der Waals surface area contributed by atoms with Gasteiger partial charge >= 0.3 is 5.97 Å². The second-order valence-electron chi connectivity index (χ2n) is 6.72. The molecule has 0 atom stereocenters. The number of carboxylic acids is 1. The van der Waals surface area contributed by atoms with Gasteiger partial charge in [-0.05, 0) is 72.8 Å². The van der Waals surface area contributed by atoms with Gasteiger partial charge in [-0.2, -0.15) is 16.4 Å². The Morgan fingerprint density at radius 1 is 1.24 bits per heavy atom. The molecule has 1 aliphatic rings. The molecule has 0 aliphatic heterocycles. The van der Waals surface area contributed by atoms with Gasteiger partial charge in [-0.25, -0.2) is 4.79 Å². The summed E-state index contributed by atoms with van der Waals surface area (Å²) >= 11 is 1.72. The van der Waals surface area contributed by atoms with Gasteiger partial charge in [-0.15, -0.1) is 24.8 Å². The number of fused-ring (bicyclic) bond motifs is 3. The number of thiophene rings is 1. The summed E-state index contributed by atoms with van der Waals surface area (Å²) in [4.78, 5) is 16.0. The lowest BCUT2D eigenvalue weighted by Crippen LogP contribution is -2.21. The predicted octanol–water partition coefficient (Wildman–Crippen LogP) is 3.87. The molecule has 3 aromatic rings. The van der Waals surface area contributed by atoms with Crippen LogP contribution in [0.5, 0.6) is 0 Å². The van der Waals surface area contributed by atoms with Gasteiger partial charge < -0.3 is 10.4 Å². The van der Waals surface area contributed by atoms with Gasteiger partial charge in [-0.3, -0.25) is 9.67 Å². The number of nitrogens with one attached hydrogen (secondary N) is 1. The van der Waals surface area contributed by atoms with Crippen molar-refractivity contribution in [2.75, 3.05) is 13.1 Å². The number of carbonyl (C=O) groups is 1. The lowest BCUT2D eigenvalue weighted by atomic mass is 9.90. The van der Waals surface area contributed by atoms with E-state index >= 15 is 0 Å². The Labute approximate surface area is 186 Å². The molecule has 0 aromatic carbocycles. The van der Waals surface area contributed by atoms with E-state index in [0.29, 0.717) is 18.7 Å². The van der Waals surface area contributed by atoms with Gasteiger partial charge in [0.2, 0.25) is 0 Å². The highest BCUT2D eigenvalue weighted by molar-refractivity contribution is 7.07. The van der Waals surface area contributed by atoms with E-state index in [1.165, 1.54) is 5.56 Å². The fourth-order valence-electron chi connectivity index (χ4n) is 3.62. The van der Waals surface area contributed by atoms with E-state index in [4.69, 9.17) is 0 Å². The maximum atomic E-state index is 11.8. The standard InChI is InChI=1S/C20H22N4O2S.2ClH/c25-20(26)19-17-3-2-15-12-22-9-5-16(15)18(17)23-24(19)10-1-7-21-8-4-14-6-11-27-13-14;;/h5-6,9,11-13,21H,1-4,7-8,10H2,(H,25,26);2*1H.